The number of hydrogen-bond donors (Lipinski definition) is 1. The van der Waals surface area contributed by atoms with E-state index in [1.54, 1.807) is 13.8 Å². The number of hydrogen-bond acceptors (Lipinski definition) is 3. The number of nitrogens with zero attached hydrogens (tertiary/aromatic N) is 2. The molecular weight excluding hydrogens is 287 g/mol. The Morgan fingerprint density at radius 3 is 2.57 bits per heavy atom. The number of nitrogens with one attached hydrogen (secondary N) is 1. The van der Waals surface area contributed by atoms with Gasteiger partial charge in [-0.3, -0.25) is 14.6 Å². The Bertz CT molecular complexity index is 567. The van der Waals surface area contributed by atoms with Crippen LogP contribution in [0.3, 0.4) is 0 Å². The average Bonchev–Trinajstić information content (AvgIpc) is 2.40. The average molecular weight is 301 g/mol. The highest BCUT2D eigenvalue weighted by Gasteiger charge is 2.41. The molecule has 0 unspecified atom stereocenters. The summed E-state index contributed by atoms with van der Waals surface area (Å²) < 4.78 is 37.4. The molecule has 0 saturated carbocycles. The number of alkyl halides is 3. The predicted molar refractivity (Wildman–Crippen MR) is 67.4 cm³/mol. The lowest BCUT2D eigenvalue weighted by atomic mass is 9.98. The van der Waals surface area contributed by atoms with Crippen molar-refractivity contribution in [2.45, 2.75) is 25.6 Å². The van der Waals surface area contributed by atoms with E-state index in [9.17, 15) is 22.8 Å². The van der Waals surface area contributed by atoms with Crippen molar-refractivity contribution in [1.29, 1.82) is 0 Å². The second-order valence-electron chi connectivity index (χ2n) is 5.20. The Balaban J connectivity index is 2.26. The molecule has 0 spiro atoms. The van der Waals surface area contributed by atoms with Crippen LogP contribution in [0.5, 0.6) is 0 Å². The monoisotopic (exact) mass is 301 g/mol. The number of rotatable bonds is 1. The summed E-state index contributed by atoms with van der Waals surface area (Å²) in [5.41, 5.74) is -2.11. The third-order valence-electron chi connectivity index (χ3n) is 3.41. The van der Waals surface area contributed by atoms with E-state index in [-0.39, 0.29) is 18.1 Å². The first kappa shape index (κ1) is 15.3. The van der Waals surface area contributed by atoms with Crippen molar-refractivity contribution in [3.8, 4) is 0 Å². The highest BCUT2D eigenvalue weighted by molar-refractivity contribution is 5.98. The minimum atomic E-state index is -4.50. The van der Waals surface area contributed by atoms with Gasteiger partial charge in [-0.05, 0) is 26.0 Å². The highest BCUT2D eigenvalue weighted by atomic mass is 19.4. The number of carbonyl (C=O) groups excluding carboxylic acids is 2. The van der Waals surface area contributed by atoms with Crippen LogP contribution in [0, 0.1) is 0 Å². The van der Waals surface area contributed by atoms with Gasteiger partial charge in [-0.1, -0.05) is 0 Å². The van der Waals surface area contributed by atoms with E-state index in [0.29, 0.717) is 12.7 Å². The molecule has 0 atom stereocenters. The molecule has 1 aliphatic rings. The van der Waals surface area contributed by atoms with Crippen LogP contribution in [-0.4, -0.2) is 40.3 Å². The third-order valence-corrected chi connectivity index (χ3v) is 3.41. The maximum atomic E-state index is 12.5. The molecule has 21 heavy (non-hydrogen) atoms. The first-order chi connectivity index (χ1) is 9.64. The fourth-order valence-corrected chi connectivity index (χ4v) is 2.08. The zero-order valence-corrected chi connectivity index (χ0v) is 11.5. The van der Waals surface area contributed by atoms with Crippen LogP contribution in [0.4, 0.5) is 13.2 Å². The van der Waals surface area contributed by atoms with E-state index in [1.807, 2.05) is 0 Å². The molecule has 1 aromatic heterocycles. The Kier molecular flexibility index (Phi) is 3.65. The van der Waals surface area contributed by atoms with Crippen molar-refractivity contribution >= 4 is 11.8 Å². The van der Waals surface area contributed by atoms with E-state index in [1.165, 1.54) is 4.90 Å². The second-order valence-corrected chi connectivity index (χ2v) is 5.20. The summed E-state index contributed by atoms with van der Waals surface area (Å²) in [6.45, 7) is 3.72. The molecular formula is C13H14F3N3O2. The summed E-state index contributed by atoms with van der Waals surface area (Å²) in [5, 5.41) is 2.64. The summed E-state index contributed by atoms with van der Waals surface area (Å²) in [6, 6.07) is 1.82. The van der Waals surface area contributed by atoms with Crippen LogP contribution in [0.1, 0.15) is 29.9 Å². The number of carbonyl (C=O) groups is 2. The summed E-state index contributed by atoms with van der Waals surface area (Å²) in [4.78, 5) is 29.0. The van der Waals surface area contributed by atoms with Crippen molar-refractivity contribution in [1.82, 2.24) is 15.2 Å². The molecule has 1 aliphatic heterocycles. The van der Waals surface area contributed by atoms with Gasteiger partial charge in [0, 0.05) is 19.3 Å². The molecule has 5 nitrogen and oxygen atoms in total. The normalized spacial score (nSPS) is 18.3. The number of amides is 2. The standard InChI is InChI=1S/C13H14F3N3O2/c1-12(2)11(21)17-5-6-19(12)10(20)9-4-3-8(7-18-9)13(14,15)16/h3-4,7H,5-6H2,1-2H3,(H,17,21). The van der Waals surface area contributed by atoms with Gasteiger partial charge in [0.15, 0.2) is 0 Å². The smallest absolute Gasteiger partial charge is 0.352 e. The zero-order valence-electron chi connectivity index (χ0n) is 11.5. The molecule has 1 aromatic rings. The zero-order chi connectivity index (χ0) is 15.8. The van der Waals surface area contributed by atoms with Crippen LogP contribution < -0.4 is 5.32 Å². The fourth-order valence-electron chi connectivity index (χ4n) is 2.08. The molecule has 0 radical (unpaired) electrons. The van der Waals surface area contributed by atoms with E-state index in [0.717, 1.165) is 12.1 Å². The molecule has 114 valence electrons. The van der Waals surface area contributed by atoms with Crippen molar-refractivity contribution in [2.75, 3.05) is 13.1 Å². The number of aromatic nitrogens is 1. The van der Waals surface area contributed by atoms with Crippen LogP contribution in [0.15, 0.2) is 18.3 Å². The lowest BCUT2D eigenvalue weighted by Crippen LogP contribution is -2.63. The van der Waals surface area contributed by atoms with Crippen LogP contribution in [0.2, 0.25) is 0 Å². The number of piperazine rings is 1. The largest absolute Gasteiger partial charge is 0.417 e. The van der Waals surface area contributed by atoms with Gasteiger partial charge in [-0.2, -0.15) is 13.2 Å². The molecule has 0 bridgehead atoms. The van der Waals surface area contributed by atoms with Gasteiger partial charge in [0.1, 0.15) is 11.2 Å². The molecule has 2 rings (SSSR count). The molecule has 1 saturated heterocycles. The van der Waals surface area contributed by atoms with Crippen LogP contribution >= 0.6 is 0 Å². The third kappa shape index (κ3) is 2.84. The molecule has 8 heteroatoms. The van der Waals surface area contributed by atoms with Gasteiger partial charge in [0.2, 0.25) is 5.91 Å². The first-order valence-corrected chi connectivity index (χ1v) is 6.27. The van der Waals surface area contributed by atoms with Gasteiger partial charge in [0.25, 0.3) is 5.91 Å². The first-order valence-electron chi connectivity index (χ1n) is 6.27. The minimum absolute atomic E-state index is 0.120. The molecule has 2 amide bonds. The maximum Gasteiger partial charge on any atom is 0.417 e. The predicted octanol–water partition coefficient (Wildman–Crippen LogP) is 1.45. The van der Waals surface area contributed by atoms with Crippen molar-refractivity contribution < 1.29 is 22.8 Å². The summed E-state index contributed by atoms with van der Waals surface area (Å²) >= 11 is 0. The molecule has 0 aromatic carbocycles. The summed E-state index contributed by atoms with van der Waals surface area (Å²) in [5.74, 6) is -0.877. The van der Waals surface area contributed by atoms with Crippen LogP contribution in [0.25, 0.3) is 0 Å². The van der Waals surface area contributed by atoms with Gasteiger partial charge >= 0.3 is 6.18 Å². The summed E-state index contributed by atoms with van der Waals surface area (Å²) in [6.07, 6.45) is -3.89. The van der Waals surface area contributed by atoms with E-state index in [4.69, 9.17) is 0 Å². The van der Waals surface area contributed by atoms with E-state index >= 15 is 0 Å². The SMILES string of the molecule is CC1(C)C(=O)NCCN1C(=O)c1ccc(C(F)(F)F)cn1. The van der Waals surface area contributed by atoms with Crippen LogP contribution in [-0.2, 0) is 11.0 Å². The van der Waals surface area contributed by atoms with Gasteiger partial charge in [-0.15, -0.1) is 0 Å². The fraction of sp³-hybridized carbons (Fsp3) is 0.462. The Morgan fingerprint density at radius 1 is 1.38 bits per heavy atom. The topological polar surface area (TPSA) is 62.3 Å². The van der Waals surface area contributed by atoms with Crippen molar-refractivity contribution in [3.05, 3.63) is 29.6 Å². The van der Waals surface area contributed by atoms with Gasteiger partial charge in [0.05, 0.1) is 5.56 Å². The van der Waals surface area contributed by atoms with Crippen molar-refractivity contribution in [3.63, 3.8) is 0 Å². The lowest BCUT2D eigenvalue weighted by Gasteiger charge is -2.40. The van der Waals surface area contributed by atoms with E-state index < -0.39 is 23.2 Å². The molecule has 2 heterocycles. The molecule has 0 aliphatic carbocycles. The maximum absolute atomic E-state index is 12.5. The Hall–Kier alpha value is -2.12. The summed E-state index contributed by atoms with van der Waals surface area (Å²) in [7, 11) is 0. The van der Waals surface area contributed by atoms with E-state index in [2.05, 4.69) is 10.3 Å². The van der Waals surface area contributed by atoms with Crippen molar-refractivity contribution in [2.24, 2.45) is 0 Å². The highest BCUT2D eigenvalue weighted by Crippen LogP contribution is 2.28. The lowest BCUT2D eigenvalue weighted by molar-refractivity contribution is -0.137. The number of halogens is 3. The number of pyridine rings is 1. The quantitative estimate of drug-likeness (QED) is 0.854. The Morgan fingerprint density at radius 2 is 2.05 bits per heavy atom. The Labute approximate surface area is 119 Å². The minimum Gasteiger partial charge on any atom is -0.352 e. The second kappa shape index (κ2) is 5.01. The van der Waals surface area contributed by atoms with Gasteiger partial charge < -0.3 is 10.2 Å². The molecule has 1 fully saturated rings. The van der Waals surface area contributed by atoms with Gasteiger partial charge in [-0.25, -0.2) is 0 Å². The molecule has 1 N–H and O–H groups in total.